The molecule has 0 spiro atoms. The van der Waals surface area contributed by atoms with E-state index in [1.807, 2.05) is 24.3 Å². The van der Waals surface area contributed by atoms with Crippen LogP contribution in [-0.4, -0.2) is 34.6 Å². The Kier molecular flexibility index (Phi) is 5.33. The molecule has 4 rings (SSSR count). The van der Waals surface area contributed by atoms with Crippen molar-refractivity contribution >= 4 is 33.6 Å². The number of carbonyl (C=O) groups excluding carboxylic acids is 2. The van der Waals surface area contributed by atoms with Gasteiger partial charge in [-0.25, -0.2) is 4.79 Å². The minimum atomic E-state index is -0.576. The van der Waals surface area contributed by atoms with Crippen molar-refractivity contribution in [1.29, 1.82) is 0 Å². The Morgan fingerprint density at radius 3 is 2.35 bits per heavy atom. The molecule has 0 aliphatic heterocycles. The SMILES string of the molecule is CCOC(=O)c1c(OC)c2c(=O)n(CC(=O)c3ccccc3)c3ccccc3c2n1C. The number of methoxy groups -OCH3 is 1. The zero-order chi connectivity index (χ0) is 22.1. The number of esters is 1. The van der Waals surface area contributed by atoms with Crippen molar-refractivity contribution in [3.63, 3.8) is 0 Å². The summed E-state index contributed by atoms with van der Waals surface area (Å²) in [7, 11) is 3.11. The number of nitrogens with zero attached hydrogens (tertiary/aromatic N) is 2. The number of hydrogen-bond donors (Lipinski definition) is 0. The summed E-state index contributed by atoms with van der Waals surface area (Å²) in [6, 6.07) is 16.1. The number of rotatable bonds is 6. The van der Waals surface area contributed by atoms with Crippen LogP contribution in [-0.2, 0) is 18.3 Å². The van der Waals surface area contributed by atoms with Crippen LogP contribution in [0.1, 0.15) is 27.8 Å². The van der Waals surface area contributed by atoms with E-state index >= 15 is 0 Å². The summed E-state index contributed by atoms with van der Waals surface area (Å²) in [5.74, 6) is -0.617. The van der Waals surface area contributed by atoms with Gasteiger partial charge in [0.15, 0.2) is 17.2 Å². The van der Waals surface area contributed by atoms with E-state index in [1.54, 1.807) is 48.9 Å². The van der Waals surface area contributed by atoms with Crippen molar-refractivity contribution in [1.82, 2.24) is 9.13 Å². The standard InChI is InChI=1S/C24H22N2O5/c1-4-31-24(29)21-22(30-3)19-20(25(21)2)16-12-8-9-13-17(16)26(23(19)28)14-18(27)15-10-6-5-7-11-15/h5-13H,4,14H2,1-3H3. The number of ketones is 1. The first kappa shape index (κ1) is 20.4. The molecule has 0 saturated carbocycles. The second-order valence-electron chi connectivity index (χ2n) is 7.08. The number of Topliss-reactive ketones (excluding diaryl/α,β-unsaturated/α-hetero) is 1. The van der Waals surface area contributed by atoms with Crippen LogP contribution in [0.25, 0.3) is 21.8 Å². The minimum Gasteiger partial charge on any atom is -0.493 e. The third-order valence-electron chi connectivity index (χ3n) is 5.33. The van der Waals surface area contributed by atoms with E-state index in [0.717, 1.165) is 5.39 Å². The number of hydrogen-bond acceptors (Lipinski definition) is 5. The number of carbonyl (C=O) groups is 2. The molecule has 7 nitrogen and oxygen atoms in total. The van der Waals surface area contributed by atoms with Gasteiger partial charge in [-0.05, 0) is 13.0 Å². The average Bonchev–Trinajstić information content (AvgIpc) is 3.09. The van der Waals surface area contributed by atoms with E-state index < -0.39 is 11.5 Å². The van der Waals surface area contributed by atoms with Gasteiger partial charge in [0, 0.05) is 18.0 Å². The third-order valence-corrected chi connectivity index (χ3v) is 5.33. The molecule has 0 radical (unpaired) electrons. The highest BCUT2D eigenvalue weighted by atomic mass is 16.5. The lowest BCUT2D eigenvalue weighted by Gasteiger charge is -2.12. The van der Waals surface area contributed by atoms with E-state index in [0.29, 0.717) is 16.6 Å². The van der Waals surface area contributed by atoms with Gasteiger partial charge in [-0.1, -0.05) is 48.5 Å². The number of fused-ring (bicyclic) bond motifs is 3. The van der Waals surface area contributed by atoms with Gasteiger partial charge in [-0.15, -0.1) is 0 Å². The van der Waals surface area contributed by atoms with Gasteiger partial charge in [0.2, 0.25) is 0 Å². The molecule has 2 aromatic carbocycles. The number of aromatic nitrogens is 2. The minimum absolute atomic E-state index is 0.133. The number of benzene rings is 2. The van der Waals surface area contributed by atoms with Gasteiger partial charge in [-0.3, -0.25) is 14.2 Å². The van der Waals surface area contributed by atoms with E-state index in [9.17, 15) is 14.4 Å². The fraction of sp³-hybridized carbons (Fsp3) is 0.208. The predicted octanol–water partition coefficient (Wildman–Crippen LogP) is 3.56. The van der Waals surface area contributed by atoms with Crippen LogP contribution < -0.4 is 10.3 Å². The van der Waals surface area contributed by atoms with E-state index in [4.69, 9.17) is 9.47 Å². The molecule has 4 aromatic rings. The number of ether oxygens (including phenoxy) is 2. The Labute approximate surface area is 178 Å². The van der Waals surface area contributed by atoms with Crippen LogP contribution in [0.3, 0.4) is 0 Å². The summed E-state index contributed by atoms with van der Waals surface area (Å²) in [6.45, 7) is 1.77. The number of aryl methyl sites for hydroxylation is 1. The molecule has 0 aliphatic rings. The normalized spacial score (nSPS) is 11.1. The molecule has 0 unspecified atom stereocenters. The maximum Gasteiger partial charge on any atom is 0.358 e. The van der Waals surface area contributed by atoms with Crippen LogP contribution in [0.15, 0.2) is 59.4 Å². The summed E-state index contributed by atoms with van der Waals surface area (Å²) in [5, 5.41) is 0.974. The second-order valence-corrected chi connectivity index (χ2v) is 7.08. The molecule has 0 saturated heterocycles. The van der Waals surface area contributed by atoms with Crippen LogP contribution in [0.2, 0.25) is 0 Å². The first-order chi connectivity index (χ1) is 15.0. The molecular formula is C24H22N2O5. The Bertz CT molecular complexity index is 1370. The molecule has 0 bridgehead atoms. The van der Waals surface area contributed by atoms with Gasteiger partial charge >= 0.3 is 5.97 Å². The molecule has 7 heteroatoms. The van der Waals surface area contributed by atoms with Crippen molar-refractivity contribution in [2.75, 3.05) is 13.7 Å². The highest BCUT2D eigenvalue weighted by Crippen LogP contribution is 2.35. The zero-order valence-electron chi connectivity index (χ0n) is 17.5. The Hall–Kier alpha value is -3.87. The second kappa shape index (κ2) is 8.10. The van der Waals surface area contributed by atoms with Crippen molar-refractivity contribution < 1.29 is 19.1 Å². The van der Waals surface area contributed by atoms with E-state index in [2.05, 4.69) is 0 Å². The molecule has 0 N–H and O–H groups in total. The van der Waals surface area contributed by atoms with Gasteiger partial charge in [0.25, 0.3) is 5.56 Å². The van der Waals surface area contributed by atoms with Crippen LogP contribution in [0.5, 0.6) is 5.75 Å². The van der Waals surface area contributed by atoms with Crippen molar-refractivity contribution in [2.24, 2.45) is 7.05 Å². The molecule has 158 valence electrons. The Morgan fingerprint density at radius 2 is 1.68 bits per heavy atom. The third kappa shape index (κ3) is 3.28. The fourth-order valence-corrected chi connectivity index (χ4v) is 3.97. The summed E-state index contributed by atoms with van der Waals surface area (Å²) in [6.07, 6.45) is 0. The monoisotopic (exact) mass is 418 g/mol. The summed E-state index contributed by atoms with van der Waals surface area (Å²) in [4.78, 5) is 39.1. The lowest BCUT2D eigenvalue weighted by Crippen LogP contribution is -2.25. The van der Waals surface area contributed by atoms with E-state index in [-0.39, 0.29) is 35.8 Å². The molecule has 2 heterocycles. The molecule has 0 amide bonds. The van der Waals surface area contributed by atoms with E-state index in [1.165, 1.54) is 11.7 Å². The molecule has 0 aliphatic carbocycles. The number of para-hydroxylation sites is 1. The summed E-state index contributed by atoms with van der Waals surface area (Å²) in [5.41, 5.74) is 1.44. The van der Waals surface area contributed by atoms with Gasteiger partial charge in [0.05, 0.1) is 31.3 Å². The number of pyridine rings is 1. The Morgan fingerprint density at radius 1 is 1.00 bits per heavy atom. The maximum absolute atomic E-state index is 13.6. The molecule has 31 heavy (non-hydrogen) atoms. The zero-order valence-corrected chi connectivity index (χ0v) is 17.5. The highest BCUT2D eigenvalue weighted by molar-refractivity contribution is 6.11. The lowest BCUT2D eigenvalue weighted by atomic mass is 10.1. The van der Waals surface area contributed by atoms with Crippen LogP contribution in [0, 0.1) is 0 Å². The Balaban J connectivity index is 2.04. The first-order valence-corrected chi connectivity index (χ1v) is 9.92. The van der Waals surface area contributed by atoms with Crippen molar-refractivity contribution in [3.8, 4) is 5.75 Å². The highest BCUT2D eigenvalue weighted by Gasteiger charge is 2.28. The smallest absolute Gasteiger partial charge is 0.358 e. The first-order valence-electron chi connectivity index (χ1n) is 9.92. The lowest BCUT2D eigenvalue weighted by molar-refractivity contribution is 0.0512. The molecule has 0 fully saturated rings. The van der Waals surface area contributed by atoms with Crippen LogP contribution >= 0.6 is 0 Å². The largest absolute Gasteiger partial charge is 0.493 e. The van der Waals surface area contributed by atoms with Crippen molar-refractivity contribution in [3.05, 3.63) is 76.2 Å². The molecular weight excluding hydrogens is 396 g/mol. The molecule has 0 atom stereocenters. The van der Waals surface area contributed by atoms with Gasteiger partial charge in [0.1, 0.15) is 5.39 Å². The quantitative estimate of drug-likeness (QED) is 0.353. The summed E-state index contributed by atoms with van der Waals surface area (Å²) < 4.78 is 13.7. The maximum atomic E-state index is 13.6. The predicted molar refractivity (Wildman–Crippen MR) is 118 cm³/mol. The van der Waals surface area contributed by atoms with Gasteiger partial charge < -0.3 is 14.0 Å². The van der Waals surface area contributed by atoms with Crippen LogP contribution in [0.4, 0.5) is 0 Å². The van der Waals surface area contributed by atoms with Crippen molar-refractivity contribution in [2.45, 2.75) is 13.5 Å². The summed E-state index contributed by atoms with van der Waals surface area (Å²) >= 11 is 0. The fourth-order valence-electron chi connectivity index (χ4n) is 3.97. The average molecular weight is 418 g/mol. The molecule has 2 aromatic heterocycles. The topological polar surface area (TPSA) is 79.5 Å². The van der Waals surface area contributed by atoms with Gasteiger partial charge in [-0.2, -0.15) is 0 Å².